The van der Waals surface area contributed by atoms with Crippen molar-refractivity contribution in [1.29, 1.82) is 5.26 Å². The van der Waals surface area contributed by atoms with Gasteiger partial charge in [0.1, 0.15) is 12.4 Å². The molecule has 0 aliphatic rings. The van der Waals surface area contributed by atoms with Crippen LogP contribution in [0.2, 0.25) is 0 Å². The molecule has 2 rings (SSSR count). The molecule has 0 saturated carbocycles. The highest BCUT2D eigenvalue weighted by Gasteiger charge is 2.28. The summed E-state index contributed by atoms with van der Waals surface area (Å²) < 4.78 is 34.7. The summed E-state index contributed by atoms with van der Waals surface area (Å²) in [6, 6.07) is 4.89. The minimum atomic E-state index is -1.37. The number of nitriles is 1. The third-order valence-corrected chi connectivity index (χ3v) is 3.15. The van der Waals surface area contributed by atoms with Crippen LogP contribution in [-0.2, 0) is 0 Å². The van der Waals surface area contributed by atoms with Crippen LogP contribution in [0.15, 0.2) is 23.6 Å². The van der Waals surface area contributed by atoms with Crippen molar-refractivity contribution in [2.75, 3.05) is 6.61 Å². The second-order valence-electron chi connectivity index (χ2n) is 4.55. The number of nitrogens with zero attached hydrogens (tertiary/aromatic N) is 3. The molecule has 0 aliphatic heterocycles. The van der Waals surface area contributed by atoms with Crippen LogP contribution in [-0.4, -0.2) is 27.6 Å². The van der Waals surface area contributed by atoms with Gasteiger partial charge in [-0.1, -0.05) is 4.49 Å². The number of benzene rings is 1. The second-order valence-corrected chi connectivity index (χ2v) is 5.16. The minimum absolute atomic E-state index is 0.0462. The molecule has 1 aromatic heterocycles. The lowest BCUT2D eigenvalue weighted by atomic mass is 10.1. The zero-order valence-corrected chi connectivity index (χ0v) is 12.2. The number of hydrogen-bond acceptors (Lipinski definition) is 6. The van der Waals surface area contributed by atoms with Gasteiger partial charge in [0.25, 0.3) is 5.91 Å². The Bertz CT molecular complexity index is 717. The Labute approximate surface area is 128 Å². The fraction of sp³-hybridized carbons (Fsp3) is 0.231. The number of amides is 1. The molecule has 1 amide bonds. The van der Waals surface area contributed by atoms with Crippen molar-refractivity contribution in [3.05, 3.63) is 40.9 Å². The standard InChI is InChI=1S/C13H10F2N4O2S/c1-13(6-16,17-12(20)11-5-22-19-18-11)7-21-8-2-3-9(14)10(15)4-8/h2-5H,7H2,1H3,(H,17,20)/t13-/m1/s1. The van der Waals surface area contributed by atoms with Gasteiger partial charge in [-0.05, 0) is 30.6 Å². The van der Waals surface area contributed by atoms with Crippen LogP contribution in [0.4, 0.5) is 8.78 Å². The van der Waals surface area contributed by atoms with Gasteiger partial charge in [0, 0.05) is 11.4 Å². The van der Waals surface area contributed by atoms with Crippen LogP contribution < -0.4 is 10.1 Å². The predicted molar refractivity (Wildman–Crippen MR) is 73.2 cm³/mol. The number of carbonyl (C=O) groups is 1. The molecule has 6 nitrogen and oxygen atoms in total. The molecule has 0 spiro atoms. The third-order valence-electron chi connectivity index (χ3n) is 2.65. The quantitative estimate of drug-likeness (QED) is 0.907. The van der Waals surface area contributed by atoms with Gasteiger partial charge >= 0.3 is 0 Å². The lowest BCUT2D eigenvalue weighted by molar-refractivity contribution is 0.0896. The molecule has 0 radical (unpaired) electrons. The van der Waals surface area contributed by atoms with E-state index in [0.29, 0.717) is 0 Å². The van der Waals surface area contributed by atoms with E-state index in [1.807, 2.05) is 6.07 Å². The first-order valence-electron chi connectivity index (χ1n) is 6.02. The van der Waals surface area contributed by atoms with Gasteiger partial charge in [-0.25, -0.2) is 8.78 Å². The maximum atomic E-state index is 13.1. The van der Waals surface area contributed by atoms with Gasteiger partial charge in [0.15, 0.2) is 22.9 Å². The topological polar surface area (TPSA) is 87.9 Å². The highest BCUT2D eigenvalue weighted by molar-refractivity contribution is 7.03. The van der Waals surface area contributed by atoms with Gasteiger partial charge in [-0.3, -0.25) is 4.79 Å². The molecule has 0 aliphatic carbocycles. The van der Waals surface area contributed by atoms with E-state index >= 15 is 0 Å². The molecule has 0 saturated heterocycles. The van der Waals surface area contributed by atoms with Crippen molar-refractivity contribution in [3.63, 3.8) is 0 Å². The van der Waals surface area contributed by atoms with E-state index in [0.717, 1.165) is 23.7 Å². The van der Waals surface area contributed by atoms with Gasteiger partial charge in [0.2, 0.25) is 0 Å². The van der Waals surface area contributed by atoms with Gasteiger partial charge in [-0.15, -0.1) is 5.10 Å². The molecule has 0 fully saturated rings. The fourth-order valence-corrected chi connectivity index (χ4v) is 1.91. The Hall–Kier alpha value is -2.60. The predicted octanol–water partition coefficient (Wildman–Crippen LogP) is 1.91. The fourth-order valence-electron chi connectivity index (χ4n) is 1.47. The first-order chi connectivity index (χ1) is 10.4. The summed E-state index contributed by atoms with van der Waals surface area (Å²) in [4.78, 5) is 11.9. The van der Waals surface area contributed by atoms with Crippen molar-refractivity contribution in [2.24, 2.45) is 0 Å². The normalized spacial score (nSPS) is 13.0. The molecule has 0 bridgehead atoms. The zero-order valence-electron chi connectivity index (χ0n) is 11.3. The van der Waals surface area contributed by atoms with E-state index in [2.05, 4.69) is 14.9 Å². The molecule has 114 valence electrons. The van der Waals surface area contributed by atoms with E-state index in [1.165, 1.54) is 18.4 Å². The minimum Gasteiger partial charge on any atom is -0.490 e. The number of nitrogens with one attached hydrogen (secondary N) is 1. The van der Waals surface area contributed by atoms with Gasteiger partial charge in [0.05, 0.1) is 6.07 Å². The van der Waals surface area contributed by atoms with Gasteiger partial charge < -0.3 is 10.1 Å². The number of halogens is 2. The summed E-state index contributed by atoms with van der Waals surface area (Å²) in [5.74, 6) is -2.59. The van der Waals surface area contributed by atoms with Crippen molar-refractivity contribution in [3.8, 4) is 11.8 Å². The highest BCUT2D eigenvalue weighted by atomic mass is 32.1. The molecule has 1 aromatic carbocycles. The summed E-state index contributed by atoms with van der Waals surface area (Å²) in [5, 5.41) is 16.7. The Morgan fingerprint density at radius 2 is 2.27 bits per heavy atom. The Balaban J connectivity index is 2.02. The van der Waals surface area contributed by atoms with Crippen LogP contribution in [0, 0.1) is 23.0 Å². The number of hydrogen-bond donors (Lipinski definition) is 1. The maximum Gasteiger partial charge on any atom is 0.274 e. The monoisotopic (exact) mass is 324 g/mol. The molecular weight excluding hydrogens is 314 g/mol. The van der Waals surface area contributed by atoms with Gasteiger partial charge in [-0.2, -0.15) is 5.26 Å². The van der Waals surface area contributed by atoms with Crippen LogP contribution in [0.25, 0.3) is 0 Å². The molecule has 0 unspecified atom stereocenters. The third kappa shape index (κ3) is 3.73. The number of aromatic nitrogens is 2. The summed E-state index contributed by atoms with van der Waals surface area (Å²) in [7, 11) is 0. The Morgan fingerprint density at radius 1 is 1.50 bits per heavy atom. The first kappa shape index (κ1) is 15.8. The average molecular weight is 324 g/mol. The lowest BCUT2D eigenvalue weighted by Crippen LogP contribution is -2.49. The van der Waals surface area contributed by atoms with Crippen molar-refractivity contribution in [2.45, 2.75) is 12.5 Å². The molecule has 9 heteroatoms. The van der Waals surface area contributed by atoms with E-state index in [1.54, 1.807) is 0 Å². The molecule has 1 atom stereocenters. The Kier molecular flexibility index (Phi) is 4.62. The van der Waals surface area contributed by atoms with E-state index in [4.69, 9.17) is 4.74 Å². The summed E-state index contributed by atoms with van der Waals surface area (Å²) in [6.45, 7) is 1.18. The zero-order chi connectivity index (χ0) is 16.2. The number of rotatable bonds is 5. The SMILES string of the molecule is C[C@@](C#N)(COc1ccc(F)c(F)c1)NC(=O)c1csnn1. The summed E-state index contributed by atoms with van der Waals surface area (Å²) in [5.41, 5.74) is -1.29. The second kappa shape index (κ2) is 6.44. The van der Waals surface area contributed by atoms with E-state index in [-0.39, 0.29) is 18.1 Å². The lowest BCUT2D eigenvalue weighted by Gasteiger charge is -2.22. The van der Waals surface area contributed by atoms with Crippen LogP contribution in [0.5, 0.6) is 5.75 Å². The van der Waals surface area contributed by atoms with Crippen LogP contribution in [0.1, 0.15) is 17.4 Å². The van der Waals surface area contributed by atoms with Crippen molar-refractivity contribution in [1.82, 2.24) is 14.9 Å². The maximum absolute atomic E-state index is 13.1. The summed E-state index contributed by atoms with van der Waals surface area (Å²) in [6.07, 6.45) is 0. The number of carbonyl (C=O) groups excluding carboxylic acids is 1. The molecule has 1 N–H and O–H groups in total. The highest BCUT2D eigenvalue weighted by Crippen LogP contribution is 2.17. The van der Waals surface area contributed by atoms with E-state index < -0.39 is 23.1 Å². The first-order valence-corrected chi connectivity index (χ1v) is 6.86. The molecule has 1 heterocycles. The van der Waals surface area contributed by atoms with Crippen molar-refractivity contribution < 1.29 is 18.3 Å². The number of ether oxygens (including phenoxy) is 1. The molecule has 22 heavy (non-hydrogen) atoms. The van der Waals surface area contributed by atoms with Crippen molar-refractivity contribution >= 4 is 17.4 Å². The van der Waals surface area contributed by atoms with Crippen LogP contribution in [0.3, 0.4) is 0 Å². The Morgan fingerprint density at radius 3 is 2.86 bits per heavy atom. The smallest absolute Gasteiger partial charge is 0.274 e. The average Bonchev–Trinajstić information content (AvgIpc) is 3.03. The molecule has 2 aromatic rings. The van der Waals surface area contributed by atoms with E-state index in [9.17, 15) is 18.8 Å². The summed E-state index contributed by atoms with van der Waals surface area (Å²) >= 11 is 1.00. The van der Waals surface area contributed by atoms with Crippen LogP contribution >= 0.6 is 11.5 Å². The molecular formula is C13H10F2N4O2S. The largest absolute Gasteiger partial charge is 0.490 e.